The summed E-state index contributed by atoms with van der Waals surface area (Å²) < 4.78 is 10.8. The van der Waals surface area contributed by atoms with Gasteiger partial charge in [-0.1, -0.05) is 0 Å². The SMILES string of the molecule is O=C1OCc2c1ccnc2OC1CCCNC1. The third kappa shape index (κ3) is 1.98. The normalized spacial score (nSPS) is 23.1. The minimum atomic E-state index is -0.283. The Labute approximate surface area is 99.1 Å². The Hall–Kier alpha value is -1.62. The lowest BCUT2D eigenvalue weighted by Crippen LogP contribution is -2.37. The first-order valence-electron chi connectivity index (χ1n) is 5.87. The number of aromatic nitrogens is 1. The summed E-state index contributed by atoms with van der Waals surface area (Å²) in [4.78, 5) is 15.6. The second kappa shape index (κ2) is 4.33. The maximum Gasteiger partial charge on any atom is 0.339 e. The zero-order chi connectivity index (χ0) is 11.7. The van der Waals surface area contributed by atoms with Gasteiger partial charge in [0.25, 0.3) is 0 Å². The lowest BCUT2D eigenvalue weighted by Gasteiger charge is -2.23. The van der Waals surface area contributed by atoms with Gasteiger partial charge >= 0.3 is 5.97 Å². The maximum absolute atomic E-state index is 11.4. The molecule has 0 bridgehead atoms. The van der Waals surface area contributed by atoms with Gasteiger partial charge in [-0.3, -0.25) is 0 Å². The molecule has 2 aliphatic heterocycles. The fourth-order valence-electron chi connectivity index (χ4n) is 2.20. The van der Waals surface area contributed by atoms with Crippen molar-refractivity contribution >= 4 is 5.97 Å². The molecule has 90 valence electrons. The second-order valence-electron chi connectivity index (χ2n) is 4.30. The molecule has 1 fully saturated rings. The van der Waals surface area contributed by atoms with Crippen LogP contribution in [0.4, 0.5) is 0 Å². The predicted molar refractivity (Wildman–Crippen MR) is 59.9 cm³/mol. The van der Waals surface area contributed by atoms with E-state index in [1.54, 1.807) is 12.3 Å². The van der Waals surface area contributed by atoms with Crippen LogP contribution >= 0.6 is 0 Å². The molecule has 5 heteroatoms. The van der Waals surface area contributed by atoms with Crippen LogP contribution < -0.4 is 10.1 Å². The highest BCUT2D eigenvalue weighted by Gasteiger charge is 2.27. The lowest BCUT2D eigenvalue weighted by atomic mass is 10.1. The maximum atomic E-state index is 11.4. The zero-order valence-corrected chi connectivity index (χ0v) is 9.44. The smallest absolute Gasteiger partial charge is 0.339 e. The molecule has 1 atom stereocenters. The summed E-state index contributed by atoms with van der Waals surface area (Å²) in [6, 6.07) is 1.68. The van der Waals surface area contributed by atoms with Crippen molar-refractivity contribution < 1.29 is 14.3 Å². The number of fused-ring (bicyclic) bond motifs is 1. The van der Waals surface area contributed by atoms with Gasteiger partial charge in [-0.05, 0) is 25.5 Å². The number of nitrogens with zero attached hydrogens (tertiary/aromatic N) is 1. The highest BCUT2D eigenvalue weighted by atomic mass is 16.5. The molecule has 0 aromatic carbocycles. The highest BCUT2D eigenvalue weighted by molar-refractivity contribution is 5.93. The van der Waals surface area contributed by atoms with Crippen LogP contribution in [0.1, 0.15) is 28.8 Å². The summed E-state index contributed by atoms with van der Waals surface area (Å²) in [5.74, 6) is 0.260. The van der Waals surface area contributed by atoms with Crippen molar-refractivity contribution in [3.63, 3.8) is 0 Å². The number of hydrogen-bond donors (Lipinski definition) is 1. The van der Waals surface area contributed by atoms with Crippen LogP contribution in [0.25, 0.3) is 0 Å². The van der Waals surface area contributed by atoms with Crippen molar-refractivity contribution in [3.05, 3.63) is 23.4 Å². The molecular formula is C12H14N2O3. The molecule has 17 heavy (non-hydrogen) atoms. The Morgan fingerprint density at radius 1 is 1.53 bits per heavy atom. The fraction of sp³-hybridized carbons (Fsp3) is 0.500. The fourth-order valence-corrected chi connectivity index (χ4v) is 2.20. The van der Waals surface area contributed by atoms with Crippen molar-refractivity contribution in [1.82, 2.24) is 10.3 Å². The van der Waals surface area contributed by atoms with E-state index >= 15 is 0 Å². The number of pyridine rings is 1. The molecule has 5 nitrogen and oxygen atoms in total. The summed E-state index contributed by atoms with van der Waals surface area (Å²) in [6.45, 7) is 2.15. The van der Waals surface area contributed by atoms with Gasteiger partial charge in [-0.15, -0.1) is 0 Å². The number of cyclic esters (lactones) is 1. The van der Waals surface area contributed by atoms with Crippen molar-refractivity contribution in [2.45, 2.75) is 25.6 Å². The monoisotopic (exact) mass is 234 g/mol. The summed E-state index contributed by atoms with van der Waals surface area (Å²) in [6.07, 6.45) is 3.86. The van der Waals surface area contributed by atoms with Gasteiger partial charge < -0.3 is 14.8 Å². The molecule has 1 unspecified atom stereocenters. The molecule has 0 aliphatic carbocycles. The summed E-state index contributed by atoms with van der Waals surface area (Å²) in [7, 11) is 0. The zero-order valence-electron chi connectivity index (χ0n) is 9.44. The van der Waals surface area contributed by atoms with E-state index in [2.05, 4.69) is 10.3 Å². The Balaban J connectivity index is 1.81. The summed E-state index contributed by atoms with van der Waals surface area (Å²) in [5, 5.41) is 3.28. The second-order valence-corrected chi connectivity index (χ2v) is 4.30. The number of nitrogens with one attached hydrogen (secondary N) is 1. The van der Waals surface area contributed by atoms with Crippen molar-refractivity contribution in [3.8, 4) is 5.88 Å². The molecule has 0 spiro atoms. The van der Waals surface area contributed by atoms with Crippen molar-refractivity contribution in [2.24, 2.45) is 0 Å². The number of piperidine rings is 1. The van der Waals surface area contributed by atoms with Gasteiger partial charge in [-0.2, -0.15) is 0 Å². The van der Waals surface area contributed by atoms with E-state index in [-0.39, 0.29) is 18.7 Å². The van der Waals surface area contributed by atoms with E-state index in [1.165, 1.54) is 0 Å². The minimum Gasteiger partial charge on any atom is -0.473 e. The summed E-state index contributed by atoms with van der Waals surface area (Å²) >= 11 is 0. The molecule has 0 amide bonds. The van der Waals surface area contributed by atoms with Gasteiger partial charge in [0.15, 0.2) is 0 Å². The Bertz CT molecular complexity index is 441. The molecule has 1 saturated heterocycles. The number of rotatable bonds is 2. The van der Waals surface area contributed by atoms with E-state index in [4.69, 9.17) is 9.47 Å². The molecule has 0 radical (unpaired) electrons. The van der Waals surface area contributed by atoms with Crippen LogP contribution in [0.5, 0.6) is 5.88 Å². The van der Waals surface area contributed by atoms with Crippen LogP contribution in [-0.2, 0) is 11.3 Å². The predicted octanol–water partition coefficient (Wildman–Crippen LogP) is 0.883. The van der Waals surface area contributed by atoms with Crippen molar-refractivity contribution in [2.75, 3.05) is 13.1 Å². The van der Waals surface area contributed by atoms with Crippen LogP contribution in [0.15, 0.2) is 12.3 Å². The van der Waals surface area contributed by atoms with E-state index in [0.717, 1.165) is 31.5 Å². The molecular weight excluding hydrogens is 220 g/mol. The van der Waals surface area contributed by atoms with Gasteiger partial charge in [0, 0.05) is 12.7 Å². The average molecular weight is 234 g/mol. The molecule has 3 rings (SSSR count). The largest absolute Gasteiger partial charge is 0.473 e. The van der Waals surface area contributed by atoms with E-state index in [0.29, 0.717) is 11.4 Å². The van der Waals surface area contributed by atoms with Gasteiger partial charge in [0.1, 0.15) is 12.7 Å². The van der Waals surface area contributed by atoms with Gasteiger partial charge in [0.2, 0.25) is 5.88 Å². The van der Waals surface area contributed by atoms with Crippen LogP contribution in [-0.4, -0.2) is 30.1 Å². The van der Waals surface area contributed by atoms with Crippen LogP contribution in [0, 0.1) is 0 Å². The quantitative estimate of drug-likeness (QED) is 0.770. The first kappa shape index (κ1) is 10.5. The number of carbonyl (C=O) groups is 1. The standard InChI is InChI=1S/C12H14N2O3/c15-12-9-3-5-14-11(10(9)7-16-12)17-8-2-1-4-13-6-8/h3,5,8,13H,1-2,4,6-7H2. The molecule has 1 N–H and O–H groups in total. The van der Waals surface area contributed by atoms with E-state index in [1.807, 2.05) is 0 Å². The average Bonchev–Trinajstić information content (AvgIpc) is 2.74. The topological polar surface area (TPSA) is 60.5 Å². The van der Waals surface area contributed by atoms with Crippen molar-refractivity contribution in [1.29, 1.82) is 0 Å². The Kier molecular flexibility index (Phi) is 2.68. The Morgan fingerprint density at radius 2 is 2.47 bits per heavy atom. The number of hydrogen-bond acceptors (Lipinski definition) is 5. The van der Waals surface area contributed by atoms with Gasteiger partial charge in [0.05, 0.1) is 11.1 Å². The molecule has 2 aliphatic rings. The number of ether oxygens (including phenoxy) is 2. The Morgan fingerprint density at radius 3 is 3.29 bits per heavy atom. The van der Waals surface area contributed by atoms with E-state index < -0.39 is 0 Å². The molecule has 0 saturated carbocycles. The molecule has 3 heterocycles. The lowest BCUT2D eigenvalue weighted by molar-refractivity contribution is 0.0532. The molecule has 1 aromatic rings. The third-order valence-corrected chi connectivity index (χ3v) is 3.11. The third-order valence-electron chi connectivity index (χ3n) is 3.11. The first-order valence-corrected chi connectivity index (χ1v) is 5.87. The van der Waals surface area contributed by atoms with Crippen LogP contribution in [0.3, 0.4) is 0 Å². The molecule has 1 aromatic heterocycles. The minimum absolute atomic E-state index is 0.137. The first-order chi connectivity index (χ1) is 8.34. The van der Waals surface area contributed by atoms with Crippen LogP contribution in [0.2, 0.25) is 0 Å². The highest BCUT2D eigenvalue weighted by Crippen LogP contribution is 2.28. The number of esters is 1. The van der Waals surface area contributed by atoms with E-state index in [9.17, 15) is 4.79 Å². The van der Waals surface area contributed by atoms with Gasteiger partial charge in [-0.25, -0.2) is 9.78 Å². The summed E-state index contributed by atoms with van der Waals surface area (Å²) in [5.41, 5.74) is 1.36. The number of carbonyl (C=O) groups excluding carboxylic acids is 1.